The van der Waals surface area contributed by atoms with E-state index in [4.69, 9.17) is 17.3 Å². The predicted octanol–water partition coefficient (Wildman–Crippen LogP) is 5.57. The molecular weight excluding hydrogens is 369 g/mol. The van der Waals surface area contributed by atoms with Crippen molar-refractivity contribution in [3.8, 4) is 0 Å². The van der Waals surface area contributed by atoms with Gasteiger partial charge in [-0.1, -0.05) is 17.7 Å². The molecule has 0 bridgehead atoms. The Balaban J connectivity index is 2.03. The third-order valence-electron chi connectivity index (χ3n) is 2.78. The molecule has 2 aromatic heterocycles. The van der Waals surface area contributed by atoms with Gasteiger partial charge in [0.1, 0.15) is 5.82 Å². The van der Waals surface area contributed by atoms with Crippen LogP contribution in [0.4, 0.5) is 4.39 Å². The molecule has 0 radical (unpaired) electrons. The standard InChI is InChI=1S/C13H8BrClFNS2/c14-13-8(15)5-11(19-13)12(17)10-3-6-1-2-7(16)4-9(6)18-10/h1-5,12H,17H2. The fraction of sp³-hybridized carbons (Fsp3) is 0.0769. The summed E-state index contributed by atoms with van der Waals surface area (Å²) in [6.45, 7) is 0. The van der Waals surface area contributed by atoms with Gasteiger partial charge in [-0.2, -0.15) is 0 Å². The van der Waals surface area contributed by atoms with E-state index in [2.05, 4.69) is 15.9 Å². The third kappa shape index (κ3) is 2.58. The van der Waals surface area contributed by atoms with Gasteiger partial charge in [0.15, 0.2) is 0 Å². The van der Waals surface area contributed by atoms with Crippen molar-refractivity contribution in [2.45, 2.75) is 6.04 Å². The molecule has 3 aromatic rings. The Morgan fingerprint density at radius 1 is 1.16 bits per heavy atom. The number of fused-ring (bicyclic) bond motifs is 1. The van der Waals surface area contributed by atoms with E-state index >= 15 is 0 Å². The number of nitrogens with two attached hydrogens (primary N) is 1. The lowest BCUT2D eigenvalue weighted by molar-refractivity contribution is 0.630. The summed E-state index contributed by atoms with van der Waals surface area (Å²) in [5.74, 6) is -0.226. The zero-order valence-electron chi connectivity index (χ0n) is 9.49. The Labute approximate surface area is 130 Å². The van der Waals surface area contributed by atoms with E-state index in [0.717, 1.165) is 23.6 Å². The molecule has 98 valence electrons. The minimum Gasteiger partial charge on any atom is -0.319 e. The number of thiophene rings is 2. The molecule has 0 aliphatic rings. The van der Waals surface area contributed by atoms with Gasteiger partial charge in [0.2, 0.25) is 0 Å². The quantitative estimate of drug-likeness (QED) is 0.622. The maximum Gasteiger partial charge on any atom is 0.124 e. The topological polar surface area (TPSA) is 26.0 Å². The van der Waals surface area contributed by atoms with Crippen molar-refractivity contribution < 1.29 is 4.39 Å². The Kier molecular flexibility index (Phi) is 3.66. The van der Waals surface area contributed by atoms with Crippen LogP contribution in [0.3, 0.4) is 0 Å². The molecule has 0 fully saturated rings. The first kappa shape index (κ1) is 13.5. The largest absolute Gasteiger partial charge is 0.319 e. The summed E-state index contributed by atoms with van der Waals surface area (Å²) in [4.78, 5) is 2.00. The van der Waals surface area contributed by atoms with E-state index in [1.54, 1.807) is 6.07 Å². The Hall–Kier alpha value is -0.460. The van der Waals surface area contributed by atoms with Crippen LogP contribution < -0.4 is 5.73 Å². The number of hydrogen-bond donors (Lipinski definition) is 1. The lowest BCUT2D eigenvalue weighted by atomic mass is 10.2. The summed E-state index contributed by atoms with van der Waals surface area (Å²) in [5, 5.41) is 1.68. The second-order valence-corrected chi connectivity index (χ2v) is 8.00. The zero-order valence-corrected chi connectivity index (χ0v) is 13.5. The number of benzene rings is 1. The second-order valence-electron chi connectivity index (χ2n) is 4.08. The number of hydrogen-bond acceptors (Lipinski definition) is 3. The molecule has 3 rings (SSSR count). The van der Waals surface area contributed by atoms with Crippen molar-refractivity contribution in [1.29, 1.82) is 0 Å². The van der Waals surface area contributed by atoms with E-state index in [0.29, 0.717) is 5.02 Å². The van der Waals surface area contributed by atoms with Gasteiger partial charge in [-0.25, -0.2) is 4.39 Å². The molecule has 0 amide bonds. The van der Waals surface area contributed by atoms with Crippen LogP contribution in [0.1, 0.15) is 15.8 Å². The predicted molar refractivity (Wildman–Crippen MR) is 84.8 cm³/mol. The highest BCUT2D eigenvalue weighted by Crippen LogP contribution is 2.39. The van der Waals surface area contributed by atoms with E-state index in [9.17, 15) is 4.39 Å². The highest BCUT2D eigenvalue weighted by molar-refractivity contribution is 9.11. The van der Waals surface area contributed by atoms with Crippen LogP contribution in [0.25, 0.3) is 10.1 Å². The summed E-state index contributed by atoms with van der Waals surface area (Å²) in [7, 11) is 0. The van der Waals surface area contributed by atoms with Crippen LogP contribution in [-0.4, -0.2) is 0 Å². The maximum absolute atomic E-state index is 13.2. The first-order chi connectivity index (χ1) is 9.04. The van der Waals surface area contributed by atoms with Crippen LogP contribution in [-0.2, 0) is 0 Å². The molecule has 19 heavy (non-hydrogen) atoms. The van der Waals surface area contributed by atoms with E-state index in [1.807, 2.05) is 12.1 Å². The molecule has 1 nitrogen and oxygen atoms in total. The van der Waals surface area contributed by atoms with Crippen LogP contribution in [0, 0.1) is 5.82 Å². The van der Waals surface area contributed by atoms with Crippen molar-refractivity contribution in [2.24, 2.45) is 5.73 Å². The third-order valence-corrected chi connectivity index (χ3v) is 6.52. The van der Waals surface area contributed by atoms with Gasteiger partial charge in [-0.05, 0) is 45.6 Å². The molecular formula is C13H8BrClFNS2. The first-order valence-corrected chi connectivity index (χ1v) is 8.24. The molecule has 0 aliphatic carbocycles. The fourth-order valence-electron chi connectivity index (χ4n) is 1.84. The summed E-state index contributed by atoms with van der Waals surface area (Å²) in [5.41, 5.74) is 6.25. The molecule has 6 heteroatoms. The molecule has 1 aromatic carbocycles. The number of rotatable bonds is 2. The van der Waals surface area contributed by atoms with Crippen LogP contribution >= 0.6 is 50.2 Å². The zero-order chi connectivity index (χ0) is 13.6. The molecule has 2 N–H and O–H groups in total. The average molecular weight is 377 g/mol. The molecule has 2 heterocycles. The van der Waals surface area contributed by atoms with Crippen LogP contribution in [0.5, 0.6) is 0 Å². The van der Waals surface area contributed by atoms with Gasteiger partial charge in [0.25, 0.3) is 0 Å². The Morgan fingerprint density at radius 2 is 1.89 bits per heavy atom. The van der Waals surface area contributed by atoms with Crippen LogP contribution in [0.2, 0.25) is 5.02 Å². The molecule has 1 atom stereocenters. The molecule has 0 saturated carbocycles. The van der Waals surface area contributed by atoms with Crippen molar-refractivity contribution in [1.82, 2.24) is 0 Å². The fourth-order valence-corrected chi connectivity index (χ4v) is 4.79. The van der Waals surface area contributed by atoms with Crippen molar-refractivity contribution in [3.05, 3.63) is 54.7 Å². The van der Waals surface area contributed by atoms with Gasteiger partial charge in [0.05, 0.1) is 14.9 Å². The van der Waals surface area contributed by atoms with Gasteiger partial charge in [-0.3, -0.25) is 0 Å². The molecule has 1 unspecified atom stereocenters. The highest BCUT2D eigenvalue weighted by Gasteiger charge is 2.16. The highest BCUT2D eigenvalue weighted by atomic mass is 79.9. The summed E-state index contributed by atoms with van der Waals surface area (Å²) < 4.78 is 15.0. The Bertz CT molecular complexity index is 733. The molecule has 0 spiro atoms. The normalized spacial score (nSPS) is 13.1. The first-order valence-electron chi connectivity index (χ1n) is 5.44. The SMILES string of the molecule is NC(c1cc(Cl)c(Br)s1)c1cc2ccc(F)cc2s1. The Morgan fingerprint density at radius 3 is 2.58 bits per heavy atom. The summed E-state index contributed by atoms with van der Waals surface area (Å²) >= 11 is 12.4. The minimum atomic E-state index is -0.228. The smallest absolute Gasteiger partial charge is 0.124 e. The second kappa shape index (κ2) is 5.14. The van der Waals surface area contributed by atoms with Crippen LogP contribution in [0.15, 0.2) is 34.1 Å². The molecule has 0 aliphatic heterocycles. The lowest BCUT2D eigenvalue weighted by Crippen LogP contribution is -2.07. The van der Waals surface area contributed by atoms with E-state index in [1.165, 1.54) is 34.8 Å². The van der Waals surface area contributed by atoms with E-state index < -0.39 is 0 Å². The molecule has 0 saturated heterocycles. The van der Waals surface area contributed by atoms with Gasteiger partial charge in [-0.15, -0.1) is 22.7 Å². The van der Waals surface area contributed by atoms with E-state index in [-0.39, 0.29) is 11.9 Å². The monoisotopic (exact) mass is 375 g/mol. The van der Waals surface area contributed by atoms with Crippen molar-refractivity contribution >= 4 is 60.3 Å². The van der Waals surface area contributed by atoms with Gasteiger partial charge in [0, 0.05) is 14.5 Å². The maximum atomic E-state index is 13.2. The lowest BCUT2D eigenvalue weighted by Gasteiger charge is -2.05. The van der Waals surface area contributed by atoms with Crippen molar-refractivity contribution in [2.75, 3.05) is 0 Å². The number of halogens is 3. The van der Waals surface area contributed by atoms with Gasteiger partial charge >= 0.3 is 0 Å². The summed E-state index contributed by atoms with van der Waals surface area (Å²) in [6.07, 6.45) is 0. The summed E-state index contributed by atoms with van der Waals surface area (Å²) in [6, 6.07) is 8.41. The van der Waals surface area contributed by atoms with Gasteiger partial charge < -0.3 is 5.73 Å². The average Bonchev–Trinajstić information content (AvgIpc) is 2.92. The van der Waals surface area contributed by atoms with Crippen molar-refractivity contribution in [3.63, 3.8) is 0 Å². The minimum absolute atomic E-state index is 0.226.